The van der Waals surface area contributed by atoms with Crippen LogP contribution in [-0.2, 0) is 27.7 Å². The van der Waals surface area contributed by atoms with Crippen LogP contribution in [0.15, 0.2) is 47.4 Å². The molecule has 0 atom stereocenters. The molecule has 2 aromatic carbocycles. The van der Waals surface area contributed by atoms with Crippen molar-refractivity contribution in [2.24, 2.45) is 0 Å². The lowest BCUT2D eigenvalue weighted by Gasteiger charge is -2.29. The molecule has 1 amide bonds. The third-order valence-electron chi connectivity index (χ3n) is 4.98. The van der Waals surface area contributed by atoms with Crippen molar-refractivity contribution < 1.29 is 13.2 Å². The predicted octanol–water partition coefficient (Wildman–Crippen LogP) is 2.74. The smallest absolute Gasteiger partial charge is 0.264 e. The van der Waals surface area contributed by atoms with E-state index < -0.39 is 10.0 Å². The summed E-state index contributed by atoms with van der Waals surface area (Å²) in [7, 11) is -3.59. The average Bonchev–Trinajstić information content (AvgIpc) is 3.05. The maximum Gasteiger partial charge on any atom is 0.264 e. The second-order valence-corrected chi connectivity index (χ2v) is 8.38. The van der Waals surface area contributed by atoms with Crippen LogP contribution in [0.4, 0.5) is 11.4 Å². The molecule has 2 aliphatic rings. The number of anilines is 2. The molecule has 0 aliphatic carbocycles. The van der Waals surface area contributed by atoms with Gasteiger partial charge in [0.15, 0.2) is 0 Å². The van der Waals surface area contributed by atoms with E-state index in [-0.39, 0.29) is 5.91 Å². The van der Waals surface area contributed by atoms with E-state index in [0.29, 0.717) is 18.0 Å². The first-order valence-corrected chi connectivity index (χ1v) is 9.94. The summed E-state index contributed by atoms with van der Waals surface area (Å²) in [5.74, 6) is -0.00923. The maximum absolute atomic E-state index is 13.1. The third-order valence-corrected chi connectivity index (χ3v) is 6.79. The number of sulfonamides is 1. The molecule has 6 heteroatoms. The van der Waals surface area contributed by atoms with E-state index in [1.807, 2.05) is 24.3 Å². The molecule has 0 fully saturated rings. The number of rotatable bonds is 2. The van der Waals surface area contributed by atoms with Crippen molar-refractivity contribution in [1.82, 2.24) is 0 Å². The molecule has 130 valence electrons. The molecule has 2 heterocycles. The molecule has 0 unspecified atom stereocenters. The number of nitrogens with zero attached hydrogens (tertiary/aromatic N) is 2. The number of benzene rings is 2. The van der Waals surface area contributed by atoms with Crippen LogP contribution < -0.4 is 9.21 Å². The number of hydrogen-bond donors (Lipinski definition) is 0. The zero-order valence-corrected chi connectivity index (χ0v) is 14.9. The largest absolute Gasteiger partial charge is 0.312 e. The molecule has 0 spiro atoms. The fourth-order valence-corrected chi connectivity index (χ4v) is 5.30. The number of carbonyl (C=O) groups excluding carboxylic acids is 1. The number of hydrogen-bond acceptors (Lipinski definition) is 3. The summed E-state index contributed by atoms with van der Waals surface area (Å²) in [6.45, 7) is 2.70. The van der Waals surface area contributed by atoms with Gasteiger partial charge in [0.2, 0.25) is 5.91 Å². The van der Waals surface area contributed by atoms with Gasteiger partial charge in [-0.2, -0.15) is 0 Å². The molecular weight excluding hydrogens is 336 g/mol. The molecule has 0 aromatic heterocycles. The first-order chi connectivity index (χ1) is 12.0. The molecule has 2 aliphatic heterocycles. The Balaban J connectivity index is 1.74. The molecule has 25 heavy (non-hydrogen) atoms. The van der Waals surface area contributed by atoms with Gasteiger partial charge in [0.1, 0.15) is 0 Å². The minimum atomic E-state index is -3.59. The van der Waals surface area contributed by atoms with E-state index in [9.17, 15) is 13.2 Å². The van der Waals surface area contributed by atoms with Crippen LogP contribution in [0.3, 0.4) is 0 Å². The first kappa shape index (κ1) is 16.1. The van der Waals surface area contributed by atoms with E-state index >= 15 is 0 Å². The van der Waals surface area contributed by atoms with Crippen LogP contribution in [0, 0.1) is 0 Å². The average molecular weight is 356 g/mol. The van der Waals surface area contributed by atoms with E-state index in [0.717, 1.165) is 41.8 Å². The highest BCUT2D eigenvalue weighted by molar-refractivity contribution is 7.92. The van der Waals surface area contributed by atoms with Gasteiger partial charge in [-0.25, -0.2) is 8.42 Å². The van der Waals surface area contributed by atoms with Crippen molar-refractivity contribution in [2.75, 3.05) is 22.3 Å². The van der Waals surface area contributed by atoms with E-state index in [2.05, 4.69) is 0 Å². The Morgan fingerprint density at radius 2 is 1.76 bits per heavy atom. The summed E-state index contributed by atoms with van der Waals surface area (Å²) < 4.78 is 27.8. The summed E-state index contributed by atoms with van der Waals surface area (Å²) in [5.41, 5.74) is 3.59. The minimum absolute atomic E-state index is 0.00923. The fraction of sp³-hybridized carbons (Fsp3) is 0.316. The quantitative estimate of drug-likeness (QED) is 0.831. The van der Waals surface area contributed by atoms with Crippen LogP contribution in [0.5, 0.6) is 0 Å². The van der Waals surface area contributed by atoms with Crippen LogP contribution in [0.1, 0.15) is 24.5 Å². The summed E-state index contributed by atoms with van der Waals surface area (Å²) in [6.07, 6.45) is 2.38. The Labute approximate surface area is 147 Å². The van der Waals surface area contributed by atoms with Gasteiger partial charge in [-0.15, -0.1) is 0 Å². The van der Waals surface area contributed by atoms with Crippen LogP contribution in [0.25, 0.3) is 0 Å². The summed E-state index contributed by atoms with van der Waals surface area (Å²) in [4.78, 5) is 13.8. The molecule has 0 radical (unpaired) electrons. The van der Waals surface area contributed by atoms with Crippen molar-refractivity contribution >= 4 is 27.3 Å². The van der Waals surface area contributed by atoms with E-state index in [1.165, 1.54) is 4.31 Å². The third kappa shape index (κ3) is 2.61. The van der Waals surface area contributed by atoms with Crippen LogP contribution in [0.2, 0.25) is 0 Å². The van der Waals surface area contributed by atoms with Crippen molar-refractivity contribution in [1.29, 1.82) is 0 Å². The lowest BCUT2D eigenvalue weighted by molar-refractivity contribution is -0.116. The van der Waals surface area contributed by atoms with Crippen LogP contribution in [-0.4, -0.2) is 27.4 Å². The topological polar surface area (TPSA) is 57.7 Å². The number of carbonyl (C=O) groups is 1. The van der Waals surface area contributed by atoms with Gasteiger partial charge in [-0.05, 0) is 54.7 Å². The van der Waals surface area contributed by atoms with Gasteiger partial charge >= 0.3 is 0 Å². The van der Waals surface area contributed by atoms with Gasteiger partial charge in [-0.1, -0.05) is 18.2 Å². The number of para-hydroxylation sites is 1. The van der Waals surface area contributed by atoms with Crippen molar-refractivity contribution in [3.05, 3.63) is 53.6 Å². The molecular formula is C19H20N2O3S. The summed E-state index contributed by atoms with van der Waals surface area (Å²) >= 11 is 0. The minimum Gasteiger partial charge on any atom is -0.312 e. The van der Waals surface area contributed by atoms with Crippen molar-refractivity contribution in [2.45, 2.75) is 31.1 Å². The monoisotopic (exact) mass is 356 g/mol. The van der Waals surface area contributed by atoms with Crippen molar-refractivity contribution in [3.63, 3.8) is 0 Å². The van der Waals surface area contributed by atoms with E-state index in [1.54, 1.807) is 30.0 Å². The zero-order valence-electron chi connectivity index (χ0n) is 14.1. The number of fused-ring (bicyclic) bond motifs is 2. The normalized spacial score (nSPS) is 16.5. The summed E-state index contributed by atoms with van der Waals surface area (Å²) in [5, 5.41) is 0. The van der Waals surface area contributed by atoms with Crippen LogP contribution >= 0.6 is 0 Å². The second-order valence-electron chi connectivity index (χ2n) is 6.52. The van der Waals surface area contributed by atoms with Gasteiger partial charge in [0.25, 0.3) is 10.0 Å². The van der Waals surface area contributed by atoms with Gasteiger partial charge in [-0.3, -0.25) is 9.10 Å². The number of amides is 1. The second kappa shape index (κ2) is 5.88. The van der Waals surface area contributed by atoms with Gasteiger partial charge in [0, 0.05) is 25.7 Å². The first-order valence-electron chi connectivity index (χ1n) is 8.50. The molecule has 0 saturated carbocycles. The Hall–Kier alpha value is -2.34. The Morgan fingerprint density at radius 3 is 2.56 bits per heavy atom. The maximum atomic E-state index is 13.1. The Morgan fingerprint density at radius 1 is 0.960 bits per heavy atom. The number of aryl methyl sites for hydroxylation is 1. The highest BCUT2D eigenvalue weighted by atomic mass is 32.2. The zero-order chi connectivity index (χ0) is 17.6. The molecule has 5 nitrogen and oxygen atoms in total. The Bertz CT molecular complexity index is 953. The molecule has 0 bridgehead atoms. The SMILES string of the molecule is CC(=O)N1CCCc2cc(S(=O)(=O)N3CCc4ccccc43)ccc21. The molecule has 2 aromatic rings. The lowest BCUT2D eigenvalue weighted by atomic mass is 10.0. The predicted molar refractivity (Wildman–Crippen MR) is 97.5 cm³/mol. The molecule has 0 N–H and O–H groups in total. The fourth-order valence-electron chi connectivity index (χ4n) is 3.75. The molecule has 0 saturated heterocycles. The van der Waals surface area contributed by atoms with E-state index in [4.69, 9.17) is 0 Å². The molecule has 4 rings (SSSR count). The highest BCUT2D eigenvalue weighted by Crippen LogP contribution is 2.35. The Kier molecular flexibility index (Phi) is 3.80. The summed E-state index contributed by atoms with van der Waals surface area (Å²) in [6, 6.07) is 12.8. The standard InChI is InChI=1S/C19H20N2O3S/c1-14(22)20-11-4-6-16-13-17(8-9-18(16)20)25(23,24)21-12-10-15-5-2-3-7-19(15)21/h2-3,5,7-9,13H,4,6,10-12H2,1H3. The lowest BCUT2D eigenvalue weighted by Crippen LogP contribution is -2.34. The highest BCUT2D eigenvalue weighted by Gasteiger charge is 2.31. The van der Waals surface area contributed by atoms with Gasteiger partial charge < -0.3 is 4.90 Å². The van der Waals surface area contributed by atoms with Gasteiger partial charge in [0.05, 0.1) is 10.6 Å². The van der Waals surface area contributed by atoms with Crippen molar-refractivity contribution in [3.8, 4) is 0 Å².